The lowest BCUT2D eigenvalue weighted by molar-refractivity contribution is 0.296. The summed E-state index contributed by atoms with van der Waals surface area (Å²) in [7, 11) is -3.17. The van der Waals surface area contributed by atoms with Crippen LogP contribution in [0.25, 0.3) is 0 Å². The summed E-state index contributed by atoms with van der Waals surface area (Å²) >= 11 is 0. The quantitative estimate of drug-likeness (QED) is 0.295. The Kier molecular flexibility index (Phi) is 9.52. The number of aryl methyl sites for hydroxylation is 1. The van der Waals surface area contributed by atoms with E-state index >= 15 is 0 Å². The maximum absolute atomic E-state index is 11.9. The largest absolute Gasteiger partial charge is 0.493 e. The highest BCUT2D eigenvalue weighted by atomic mass is 127. The van der Waals surface area contributed by atoms with Crippen molar-refractivity contribution in [1.29, 1.82) is 0 Å². The van der Waals surface area contributed by atoms with E-state index in [-0.39, 0.29) is 30.5 Å². The predicted octanol–water partition coefficient (Wildman–Crippen LogP) is 3.28. The van der Waals surface area contributed by atoms with E-state index in [4.69, 9.17) is 4.74 Å². The monoisotopic (exact) mass is 523 g/mol. The Labute approximate surface area is 186 Å². The lowest BCUT2D eigenvalue weighted by atomic mass is 10.1. The molecular weight excluding hydrogens is 489 g/mol. The van der Waals surface area contributed by atoms with Gasteiger partial charge < -0.3 is 15.4 Å². The summed E-state index contributed by atoms with van der Waals surface area (Å²) in [6.45, 7) is 9.67. The molecule has 0 radical (unpaired) electrons. The van der Waals surface area contributed by atoms with E-state index in [1.165, 1.54) is 19.1 Å². The fourth-order valence-corrected chi connectivity index (χ4v) is 2.69. The lowest BCUT2D eigenvalue weighted by Gasteiger charge is -2.24. The van der Waals surface area contributed by atoms with E-state index in [1.54, 1.807) is 13.8 Å². The van der Waals surface area contributed by atoms with Crippen molar-refractivity contribution in [3.8, 4) is 5.75 Å². The van der Waals surface area contributed by atoms with Crippen molar-refractivity contribution in [2.24, 2.45) is 10.9 Å². The zero-order chi connectivity index (χ0) is 20.1. The van der Waals surface area contributed by atoms with Gasteiger partial charge in [0.05, 0.1) is 17.9 Å². The molecule has 1 saturated carbocycles. The average molecular weight is 523 g/mol. The van der Waals surface area contributed by atoms with Crippen LogP contribution in [0.15, 0.2) is 23.2 Å². The number of hydrogen-bond acceptors (Lipinski definition) is 4. The van der Waals surface area contributed by atoms with Crippen LogP contribution in [0, 0.1) is 12.8 Å². The Morgan fingerprint density at radius 2 is 1.96 bits per heavy atom. The normalized spacial score (nSPS) is 15.0. The number of rotatable bonds is 9. The second-order valence-electron chi connectivity index (χ2n) is 7.95. The third-order valence-electron chi connectivity index (χ3n) is 4.83. The van der Waals surface area contributed by atoms with Crippen molar-refractivity contribution in [3.05, 3.63) is 29.3 Å². The first kappa shape index (κ1) is 25.0. The molecule has 1 aliphatic rings. The van der Waals surface area contributed by atoms with E-state index in [9.17, 15) is 8.42 Å². The first-order chi connectivity index (χ1) is 12.6. The molecule has 28 heavy (non-hydrogen) atoms. The molecule has 0 bridgehead atoms. The van der Waals surface area contributed by atoms with E-state index in [2.05, 4.69) is 34.7 Å². The van der Waals surface area contributed by atoms with Gasteiger partial charge >= 0.3 is 0 Å². The van der Waals surface area contributed by atoms with Crippen LogP contribution >= 0.6 is 24.0 Å². The third-order valence-corrected chi connectivity index (χ3v) is 6.98. The summed E-state index contributed by atoms with van der Waals surface area (Å²) in [6.07, 6.45) is 3.77. The molecule has 0 heterocycles. The number of aliphatic imine (C=N–C) groups is 1. The second-order valence-corrected chi connectivity index (χ2v) is 10.6. The van der Waals surface area contributed by atoms with Crippen LogP contribution < -0.4 is 15.4 Å². The van der Waals surface area contributed by atoms with E-state index in [0.29, 0.717) is 25.0 Å². The number of sulfone groups is 1. The molecule has 1 aromatic carbocycles. The average Bonchev–Trinajstić information content (AvgIpc) is 3.40. The van der Waals surface area contributed by atoms with Gasteiger partial charge in [-0.1, -0.05) is 12.1 Å². The van der Waals surface area contributed by atoms with Crippen molar-refractivity contribution in [2.75, 3.05) is 26.0 Å². The molecule has 0 unspecified atom stereocenters. The summed E-state index contributed by atoms with van der Waals surface area (Å²) in [5.74, 6) is 2.18. The lowest BCUT2D eigenvalue weighted by Crippen LogP contribution is -2.47. The van der Waals surface area contributed by atoms with Gasteiger partial charge in [-0.3, -0.25) is 0 Å². The maximum Gasteiger partial charge on any atom is 0.191 e. The number of hydrogen-bond donors (Lipinski definition) is 2. The molecule has 2 N–H and O–H groups in total. The van der Waals surface area contributed by atoms with Gasteiger partial charge in [0, 0.05) is 24.9 Å². The maximum atomic E-state index is 11.9. The summed E-state index contributed by atoms with van der Waals surface area (Å²) in [6, 6.07) is 6.16. The summed E-state index contributed by atoms with van der Waals surface area (Å²) in [5, 5.41) is 6.32. The highest BCUT2D eigenvalue weighted by Gasteiger charge is 2.30. The smallest absolute Gasteiger partial charge is 0.191 e. The molecule has 160 valence electrons. The third kappa shape index (κ3) is 7.77. The van der Waals surface area contributed by atoms with Gasteiger partial charge in [0.25, 0.3) is 0 Å². The molecule has 1 aliphatic carbocycles. The molecule has 8 heteroatoms. The van der Waals surface area contributed by atoms with Gasteiger partial charge in [-0.2, -0.15) is 0 Å². The number of guanidine groups is 1. The van der Waals surface area contributed by atoms with E-state index in [1.807, 2.05) is 13.0 Å². The molecule has 2 rings (SSSR count). The standard InChI is InChI=1S/C20H33N3O3S.HI/c1-6-21-19(23-14-20(3,4)27(5,24)25)22-12-17-10-7-15(2)11-18(17)26-13-16-8-9-16;/h7,10-11,16H,6,8-9,12-14H2,1-5H3,(H2,21,22,23);1H. The Morgan fingerprint density at radius 3 is 2.54 bits per heavy atom. The Morgan fingerprint density at radius 1 is 1.29 bits per heavy atom. The first-order valence-electron chi connectivity index (χ1n) is 9.56. The first-order valence-corrected chi connectivity index (χ1v) is 11.5. The van der Waals surface area contributed by atoms with E-state index in [0.717, 1.165) is 23.5 Å². The minimum Gasteiger partial charge on any atom is -0.493 e. The summed E-state index contributed by atoms with van der Waals surface area (Å²) in [5.41, 5.74) is 2.19. The second kappa shape index (κ2) is 10.7. The van der Waals surface area contributed by atoms with Crippen molar-refractivity contribution < 1.29 is 13.2 Å². The number of benzene rings is 1. The van der Waals surface area contributed by atoms with Gasteiger partial charge in [0.1, 0.15) is 5.75 Å². The molecule has 1 fully saturated rings. The van der Waals surface area contributed by atoms with Crippen LogP contribution in [0.4, 0.5) is 0 Å². The van der Waals surface area contributed by atoms with Crippen LogP contribution in [0.1, 0.15) is 44.7 Å². The minimum absolute atomic E-state index is 0. The Balaban J connectivity index is 0.00000392. The molecule has 6 nitrogen and oxygen atoms in total. The Bertz CT molecular complexity index is 775. The summed E-state index contributed by atoms with van der Waals surface area (Å²) in [4.78, 5) is 4.62. The molecule has 0 aromatic heterocycles. The molecular formula is C20H34IN3O3S. The van der Waals surface area contributed by atoms with Gasteiger partial charge in [-0.25, -0.2) is 13.4 Å². The molecule has 1 aromatic rings. The molecule has 0 spiro atoms. The van der Waals surface area contributed by atoms with Crippen LogP contribution in [0.2, 0.25) is 0 Å². The zero-order valence-corrected chi connectivity index (χ0v) is 20.7. The van der Waals surface area contributed by atoms with Crippen molar-refractivity contribution >= 4 is 39.8 Å². The van der Waals surface area contributed by atoms with Crippen LogP contribution in [-0.2, 0) is 16.4 Å². The fraction of sp³-hybridized carbons (Fsp3) is 0.650. The van der Waals surface area contributed by atoms with Crippen molar-refractivity contribution in [3.63, 3.8) is 0 Å². The highest BCUT2D eigenvalue weighted by molar-refractivity contribution is 14.0. The molecule has 0 amide bonds. The topological polar surface area (TPSA) is 79.8 Å². The zero-order valence-electron chi connectivity index (χ0n) is 17.5. The van der Waals surface area contributed by atoms with Crippen LogP contribution in [0.5, 0.6) is 5.75 Å². The number of nitrogens with one attached hydrogen (secondary N) is 2. The Hall–Kier alpha value is -1.03. The van der Waals surface area contributed by atoms with E-state index < -0.39 is 14.6 Å². The molecule has 0 saturated heterocycles. The van der Waals surface area contributed by atoms with Gasteiger partial charge in [-0.05, 0) is 58.1 Å². The number of halogens is 1. The SMILES string of the molecule is CCNC(=NCc1ccc(C)cc1OCC1CC1)NCC(C)(C)S(C)(=O)=O.I. The number of ether oxygens (including phenoxy) is 1. The number of nitrogens with zero attached hydrogens (tertiary/aromatic N) is 1. The minimum atomic E-state index is -3.17. The van der Waals surface area contributed by atoms with Crippen LogP contribution in [-0.4, -0.2) is 45.1 Å². The predicted molar refractivity (Wildman–Crippen MR) is 127 cm³/mol. The molecule has 0 atom stereocenters. The molecule has 0 aliphatic heterocycles. The van der Waals surface area contributed by atoms with Gasteiger partial charge in [0.15, 0.2) is 15.8 Å². The highest BCUT2D eigenvalue weighted by Crippen LogP contribution is 2.31. The van der Waals surface area contributed by atoms with Crippen molar-refractivity contribution in [2.45, 2.75) is 51.8 Å². The van der Waals surface area contributed by atoms with Gasteiger partial charge in [-0.15, -0.1) is 24.0 Å². The fourth-order valence-electron chi connectivity index (χ4n) is 2.35. The van der Waals surface area contributed by atoms with Crippen LogP contribution in [0.3, 0.4) is 0 Å². The summed E-state index contributed by atoms with van der Waals surface area (Å²) < 4.78 is 28.9. The van der Waals surface area contributed by atoms with Crippen molar-refractivity contribution in [1.82, 2.24) is 10.6 Å². The van der Waals surface area contributed by atoms with Gasteiger partial charge in [0.2, 0.25) is 0 Å².